The SMILES string of the molecule is CNC(=O)C(=Cc1ccc(C(=O)Nc2ccccc2N)cc1)c1ccc(F)cc1. The molecule has 0 fully saturated rings. The number of nitrogens with one attached hydrogen (secondary N) is 2. The molecule has 0 bridgehead atoms. The van der Waals surface area contributed by atoms with Gasteiger partial charge in [-0.3, -0.25) is 9.59 Å². The van der Waals surface area contributed by atoms with Gasteiger partial charge in [-0.15, -0.1) is 0 Å². The van der Waals surface area contributed by atoms with Crippen molar-refractivity contribution < 1.29 is 14.0 Å². The molecule has 0 radical (unpaired) electrons. The highest BCUT2D eigenvalue weighted by atomic mass is 19.1. The Bertz CT molecular complexity index is 1060. The average Bonchev–Trinajstić information content (AvgIpc) is 2.74. The molecule has 5 nitrogen and oxygen atoms in total. The fraction of sp³-hybridized carbons (Fsp3) is 0.0435. The van der Waals surface area contributed by atoms with Crippen molar-refractivity contribution in [3.8, 4) is 0 Å². The molecule has 29 heavy (non-hydrogen) atoms. The van der Waals surface area contributed by atoms with Crippen LogP contribution in [0.4, 0.5) is 15.8 Å². The van der Waals surface area contributed by atoms with Gasteiger partial charge in [0, 0.05) is 18.2 Å². The third kappa shape index (κ3) is 4.87. The molecule has 0 unspecified atom stereocenters. The highest BCUT2D eigenvalue weighted by molar-refractivity contribution is 6.24. The fourth-order valence-corrected chi connectivity index (χ4v) is 2.75. The molecular formula is C23H20FN3O2. The van der Waals surface area contributed by atoms with E-state index in [-0.39, 0.29) is 17.6 Å². The molecule has 3 rings (SSSR count). The Hall–Kier alpha value is -3.93. The summed E-state index contributed by atoms with van der Waals surface area (Å²) in [5.74, 6) is -0.958. The Morgan fingerprint density at radius 2 is 1.52 bits per heavy atom. The van der Waals surface area contributed by atoms with Gasteiger partial charge >= 0.3 is 0 Å². The minimum absolute atomic E-state index is 0.288. The molecule has 2 amide bonds. The molecule has 6 heteroatoms. The maximum Gasteiger partial charge on any atom is 0.255 e. The van der Waals surface area contributed by atoms with Crippen molar-refractivity contribution in [2.45, 2.75) is 0 Å². The number of para-hydroxylation sites is 2. The molecule has 0 aliphatic carbocycles. The molecule has 0 saturated heterocycles. The van der Waals surface area contributed by atoms with Crippen LogP contribution in [0, 0.1) is 5.82 Å². The first kappa shape index (κ1) is 19.8. The largest absolute Gasteiger partial charge is 0.397 e. The normalized spacial score (nSPS) is 11.0. The summed E-state index contributed by atoms with van der Waals surface area (Å²) < 4.78 is 13.2. The summed E-state index contributed by atoms with van der Waals surface area (Å²) in [6.45, 7) is 0. The summed E-state index contributed by atoms with van der Waals surface area (Å²) in [6, 6.07) is 19.5. The Kier molecular flexibility index (Phi) is 6.04. The second-order valence-corrected chi connectivity index (χ2v) is 6.31. The topological polar surface area (TPSA) is 84.2 Å². The number of hydrogen-bond donors (Lipinski definition) is 3. The molecule has 0 aliphatic heterocycles. The van der Waals surface area contributed by atoms with Gasteiger partial charge < -0.3 is 16.4 Å². The third-order valence-electron chi connectivity index (χ3n) is 4.32. The second kappa shape index (κ2) is 8.84. The van der Waals surface area contributed by atoms with Crippen molar-refractivity contribution >= 4 is 34.8 Å². The summed E-state index contributed by atoms with van der Waals surface area (Å²) in [6.07, 6.45) is 1.68. The summed E-state index contributed by atoms with van der Waals surface area (Å²) in [7, 11) is 1.53. The van der Waals surface area contributed by atoms with Crippen LogP contribution in [0.2, 0.25) is 0 Å². The van der Waals surface area contributed by atoms with Crippen LogP contribution in [0.1, 0.15) is 21.5 Å². The lowest BCUT2D eigenvalue weighted by atomic mass is 10.0. The van der Waals surface area contributed by atoms with E-state index in [0.717, 1.165) is 5.56 Å². The molecule has 0 aliphatic rings. The van der Waals surface area contributed by atoms with Gasteiger partial charge in [-0.25, -0.2) is 4.39 Å². The number of nitrogen functional groups attached to an aromatic ring is 1. The number of amides is 2. The van der Waals surface area contributed by atoms with Gasteiger partial charge in [0.05, 0.1) is 11.4 Å². The highest BCUT2D eigenvalue weighted by Crippen LogP contribution is 2.21. The lowest BCUT2D eigenvalue weighted by Gasteiger charge is -2.09. The first-order chi connectivity index (χ1) is 14.0. The van der Waals surface area contributed by atoms with Crippen molar-refractivity contribution in [1.82, 2.24) is 5.32 Å². The van der Waals surface area contributed by atoms with Crippen LogP contribution in [0.3, 0.4) is 0 Å². The van der Waals surface area contributed by atoms with Crippen molar-refractivity contribution in [2.75, 3.05) is 18.1 Å². The van der Waals surface area contributed by atoms with Crippen LogP contribution in [-0.2, 0) is 4.79 Å². The first-order valence-electron chi connectivity index (χ1n) is 8.93. The first-order valence-corrected chi connectivity index (χ1v) is 8.93. The van der Waals surface area contributed by atoms with E-state index in [0.29, 0.717) is 28.1 Å². The van der Waals surface area contributed by atoms with E-state index < -0.39 is 0 Å². The van der Waals surface area contributed by atoms with Crippen LogP contribution < -0.4 is 16.4 Å². The van der Waals surface area contributed by atoms with Gasteiger partial charge in [-0.05, 0) is 53.6 Å². The number of nitrogens with two attached hydrogens (primary N) is 1. The standard InChI is InChI=1S/C23H20FN3O2/c1-26-23(29)19(16-10-12-18(24)13-11-16)14-15-6-8-17(9-7-15)22(28)27-21-5-3-2-4-20(21)25/h2-14H,25H2,1H3,(H,26,29)(H,27,28). The molecular weight excluding hydrogens is 369 g/mol. The molecule has 0 heterocycles. The monoisotopic (exact) mass is 389 g/mol. The van der Waals surface area contributed by atoms with Crippen molar-refractivity contribution in [3.05, 3.63) is 95.3 Å². The molecule has 3 aromatic carbocycles. The molecule has 4 N–H and O–H groups in total. The highest BCUT2D eigenvalue weighted by Gasteiger charge is 2.12. The number of benzene rings is 3. The Morgan fingerprint density at radius 3 is 2.14 bits per heavy atom. The summed E-state index contributed by atoms with van der Waals surface area (Å²) in [5.41, 5.74) is 9.03. The lowest BCUT2D eigenvalue weighted by Crippen LogP contribution is -2.19. The lowest BCUT2D eigenvalue weighted by molar-refractivity contribution is -0.115. The summed E-state index contributed by atoms with van der Waals surface area (Å²) >= 11 is 0. The molecule has 3 aromatic rings. The maximum absolute atomic E-state index is 13.2. The number of carbonyl (C=O) groups excluding carboxylic acids is 2. The fourth-order valence-electron chi connectivity index (χ4n) is 2.75. The number of rotatable bonds is 5. The van der Waals surface area contributed by atoms with Gasteiger partial charge in [0.2, 0.25) is 0 Å². The number of anilines is 2. The maximum atomic E-state index is 13.2. The van der Waals surface area contributed by atoms with Gasteiger partial charge in [-0.2, -0.15) is 0 Å². The van der Waals surface area contributed by atoms with Gasteiger partial charge in [0.25, 0.3) is 11.8 Å². The predicted octanol–water partition coefficient (Wildman–Crippen LogP) is 3.95. The minimum atomic E-state index is -0.376. The van der Waals surface area contributed by atoms with Crippen LogP contribution in [-0.4, -0.2) is 18.9 Å². The summed E-state index contributed by atoms with van der Waals surface area (Å²) in [5, 5.41) is 5.35. The zero-order chi connectivity index (χ0) is 20.8. The van der Waals surface area contributed by atoms with Crippen LogP contribution in [0.5, 0.6) is 0 Å². The van der Waals surface area contributed by atoms with Crippen LogP contribution in [0.15, 0.2) is 72.8 Å². The smallest absolute Gasteiger partial charge is 0.255 e. The van der Waals surface area contributed by atoms with E-state index in [1.807, 2.05) is 0 Å². The Labute approximate surface area is 168 Å². The quantitative estimate of drug-likeness (QED) is 0.351. The molecule has 0 atom stereocenters. The van der Waals surface area contributed by atoms with Crippen molar-refractivity contribution in [3.63, 3.8) is 0 Å². The summed E-state index contributed by atoms with van der Waals surface area (Å²) in [4.78, 5) is 24.7. The van der Waals surface area contributed by atoms with Gasteiger partial charge in [0.1, 0.15) is 5.82 Å². The van der Waals surface area contributed by atoms with E-state index in [2.05, 4.69) is 10.6 Å². The number of halogens is 1. The van der Waals surface area contributed by atoms with E-state index in [1.165, 1.54) is 19.2 Å². The molecule has 0 aromatic heterocycles. The average molecular weight is 389 g/mol. The number of hydrogen-bond acceptors (Lipinski definition) is 3. The van der Waals surface area contributed by atoms with E-state index in [1.54, 1.807) is 66.7 Å². The Morgan fingerprint density at radius 1 is 0.897 bits per heavy atom. The van der Waals surface area contributed by atoms with E-state index in [4.69, 9.17) is 5.73 Å². The van der Waals surface area contributed by atoms with E-state index in [9.17, 15) is 14.0 Å². The third-order valence-corrected chi connectivity index (χ3v) is 4.32. The van der Waals surface area contributed by atoms with Gasteiger partial charge in [-0.1, -0.05) is 36.4 Å². The Balaban J connectivity index is 1.83. The second-order valence-electron chi connectivity index (χ2n) is 6.31. The number of carbonyl (C=O) groups is 2. The minimum Gasteiger partial charge on any atom is -0.397 e. The molecule has 0 saturated carbocycles. The van der Waals surface area contributed by atoms with Gasteiger partial charge in [0.15, 0.2) is 0 Å². The zero-order valence-electron chi connectivity index (χ0n) is 15.8. The van der Waals surface area contributed by atoms with Crippen molar-refractivity contribution in [1.29, 1.82) is 0 Å². The molecule has 0 spiro atoms. The predicted molar refractivity (Wildman–Crippen MR) is 114 cm³/mol. The van der Waals surface area contributed by atoms with Crippen LogP contribution in [0.25, 0.3) is 11.6 Å². The zero-order valence-corrected chi connectivity index (χ0v) is 15.8. The molecule has 146 valence electrons. The van der Waals surface area contributed by atoms with Crippen LogP contribution >= 0.6 is 0 Å². The number of likely N-dealkylation sites (N-methyl/N-ethyl adjacent to an activating group) is 1. The van der Waals surface area contributed by atoms with Crippen molar-refractivity contribution in [2.24, 2.45) is 0 Å². The van der Waals surface area contributed by atoms with E-state index >= 15 is 0 Å².